The molecule has 0 bridgehead atoms. The predicted octanol–water partition coefficient (Wildman–Crippen LogP) is 5.79. The van der Waals surface area contributed by atoms with Gasteiger partial charge in [-0.1, -0.05) is 39.7 Å². The van der Waals surface area contributed by atoms with E-state index in [4.69, 9.17) is 11.6 Å². The lowest BCUT2D eigenvalue weighted by Gasteiger charge is -2.26. The van der Waals surface area contributed by atoms with E-state index >= 15 is 0 Å². The molecule has 0 spiro atoms. The number of nitrogens with zero attached hydrogens (tertiary/aromatic N) is 2. The van der Waals surface area contributed by atoms with E-state index < -0.39 is 17.7 Å². The minimum Gasteiger partial charge on any atom is -0.507 e. The van der Waals surface area contributed by atoms with Crippen molar-refractivity contribution < 1.29 is 14.7 Å². The summed E-state index contributed by atoms with van der Waals surface area (Å²) in [5.41, 5.74) is 2.70. The van der Waals surface area contributed by atoms with Crippen molar-refractivity contribution >= 4 is 56.4 Å². The van der Waals surface area contributed by atoms with Crippen molar-refractivity contribution in [3.05, 3.63) is 99.0 Å². The lowest BCUT2D eigenvalue weighted by molar-refractivity contribution is -0.132. The van der Waals surface area contributed by atoms with Gasteiger partial charge in [-0.2, -0.15) is 0 Å². The van der Waals surface area contributed by atoms with E-state index in [0.717, 1.165) is 10.2 Å². The van der Waals surface area contributed by atoms with Gasteiger partial charge in [0.1, 0.15) is 5.76 Å². The van der Waals surface area contributed by atoms with Gasteiger partial charge >= 0.3 is 0 Å². The van der Waals surface area contributed by atoms with Crippen LogP contribution in [0.5, 0.6) is 0 Å². The van der Waals surface area contributed by atoms with Crippen molar-refractivity contribution in [2.45, 2.75) is 6.04 Å². The van der Waals surface area contributed by atoms with Gasteiger partial charge in [-0.05, 0) is 66.2 Å². The Hall–Kier alpha value is -3.09. The fourth-order valence-electron chi connectivity index (χ4n) is 3.73. The van der Waals surface area contributed by atoms with Crippen LogP contribution in [0, 0.1) is 0 Å². The van der Waals surface area contributed by atoms with Crippen molar-refractivity contribution in [1.82, 2.24) is 0 Å². The third-order valence-electron chi connectivity index (χ3n) is 5.39. The summed E-state index contributed by atoms with van der Waals surface area (Å²) < 4.78 is 0.867. The van der Waals surface area contributed by atoms with Crippen LogP contribution in [0.1, 0.15) is 17.2 Å². The van der Waals surface area contributed by atoms with Crippen molar-refractivity contribution in [2.24, 2.45) is 0 Å². The van der Waals surface area contributed by atoms with Crippen molar-refractivity contribution in [3.8, 4) is 0 Å². The Balaban J connectivity index is 1.90. The van der Waals surface area contributed by atoms with Gasteiger partial charge in [-0.15, -0.1) is 0 Å². The van der Waals surface area contributed by atoms with Crippen molar-refractivity contribution in [2.75, 3.05) is 23.9 Å². The van der Waals surface area contributed by atoms with Gasteiger partial charge in [0.15, 0.2) is 0 Å². The van der Waals surface area contributed by atoms with E-state index in [1.54, 1.807) is 36.4 Å². The Morgan fingerprint density at radius 1 is 0.938 bits per heavy atom. The molecule has 1 amide bonds. The van der Waals surface area contributed by atoms with Gasteiger partial charge in [0.25, 0.3) is 11.7 Å². The topological polar surface area (TPSA) is 60.9 Å². The van der Waals surface area contributed by atoms with Crippen LogP contribution in [0.4, 0.5) is 11.4 Å². The maximum absolute atomic E-state index is 13.2. The predicted molar refractivity (Wildman–Crippen MR) is 131 cm³/mol. The second kappa shape index (κ2) is 8.81. The number of hydrogen-bond donors (Lipinski definition) is 1. The second-order valence-corrected chi connectivity index (χ2v) is 8.99. The number of hydrogen-bond acceptors (Lipinski definition) is 4. The van der Waals surface area contributed by atoms with E-state index in [2.05, 4.69) is 15.9 Å². The fraction of sp³-hybridized carbons (Fsp3) is 0.120. The zero-order valence-electron chi connectivity index (χ0n) is 17.4. The first-order chi connectivity index (χ1) is 15.3. The summed E-state index contributed by atoms with van der Waals surface area (Å²) in [6, 6.07) is 20.4. The van der Waals surface area contributed by atoms with Crippen LogP contribution in [-0.2, 0) is 9.59 Å². The highest BCUT2D eigenvalue weighted by atomic mass is 79.9. The molecule has 1 heterocycles. The molecule has 0 radical (unpaired) electrons. The third-order valence-corrected chi connectivity index (χ3v) is 6.17. The average Bonchev–Trinajstić information content (AvgIpc) is 3.05. The molecule has 0 aliphatic carbocycles. The van der Waals surface area contributed by atoms with Crippen LogP contribution < -0.4 is 9.80 Å². The first kappa shape index (κ1) is 22.1. The lowest BCUT2D eigenvalue weighted by Crippen LogP contribution is -2.29. The number of halogens is 2. The summed E-state index contributed by atoms with van der Waals surface area (Å²) in [4.78, 5) is 29.7. The second-order valence-electron chi connectivity index (χ2n) is 7.64. The number of aliphatic hydroxyl groups excluding tert-OH is 1. The monoisotopic (exact) mass is 510 g/mol. The quantitative estimate of drug-likeness (QED) is 0.273. The molecule has 1 N–H and O–H groups in total. The highest BCUT2D eigenvalue weighted by Gasteiger charge is 2.46. The Morgan fingerprint density at radius 3 is 2.09 bits per heavy atom. The molecule has 1 aliphatic heterocycles. The van der Waals surface area contributed by atoms with Gasteiger partial charge < -0.3 is 10.0 Å². The smallest absolute Gasteiger partial charge is 0.300 e. The van der Waals surface area contributed by atoms with E-state index in [0.29, 0.717) is 21.8 Å². The molecule has 3 aromatic carbocycles. The number of ketones is 1. The molecule has 162 valence electrons. The Kier molecular flexibility index (Phi) is 6.09. The Bertz CT molecular complexity index is 1200. The molecule has 1 aliphatic rings. The van der Waals surface area contributed by atoms with Gasteiger partial charge in [0.05, 0.1) is 11.6 Å². The molecule has 1 atom stereocenters. The molecule has 1 unspecified atom stereocenters. The van der Waals surface area contributed by atoms with Gasteiger partial charge in [0.2, 0.25) is 0 Å². The molecule has 3 aromatic rings. The van der Waals surface area contributed by atoms with Gasteiger partial charge in [-0.3, -0.25) is 14.5 Å². The normalized spacial score (nSPS) is 17.6. The maximum atomic E-state index is 13.2. The number of aliphatic hydroxyl groups is 1. The SMILES string of the molecule is CN(C)c1ccc(N2C(=O)C(=O)/C(=C(\O)c3ccc(Cl)cc3)C2c2ccc(Br)cc2)cc1. The molecule has 32 heavy (non-hydrogen) atoms. The highest BCUT2D eigenvalue weighted by Crippen LogP contribution is 2.42. The van der Waals surface area contributed by atoms with Crippen molar-refractivity contribution in [3.63, 3.8) is 0 Å². The van der Waals surface area contributed by atoms with E-state index in [1.165, 1.54) is 4.90 Å². The summed E-state index contributed by atoms with van der Waals surface area (Å²) in [6.07, 6.45) is 0. The van der Waals surface area contributed by atoms with E-state index in [1.807, 2.05) is 55.4 Å². The van der Waals surface area contributed by atoms with Crippen LogP contribution in [0.3, 0.4) is 0 Å². The molecular weight excluding hydrogens is 492 g/mol. The number of carbonyl (C=O) groups excluding carboxylic acids is 2. The first-order valence-electron chi connectivity index (χ1n) is 9.87. The number of amides is 1. The summed E-state index contributed by atoms with van der Waals surface area (Å²) in [7, 11) is 3.85. The minimum absolute atomic E-state index is 0.0383. The number of benzene rings is 3. The lowest BCUT2D eigenvalue weighted by atomic mass is 9.95. The molecular formula is C25H20BrClN2O3. The van der Waals surface area contributed by atoms with Gasteiger partial charge in [-0.25, -0.2) is 0 Å². The zero-order chi connectivity index (χ0) is 23.0. The summed E-state index contributed by atoms with van der Waals surface area (Å²) in [6.45, 7) is 0. The molecule has 4 rings (SSSR count). The largest absolute Gasteiger partial charge is 0.507 e. The molecule has 1 fully saturated rings. The Labute approximate surface area is 199 Å². The summed E-state index contributed by atoms with van der Waals surface area (Å²) in [5.74, 6) is -1.66. The van der Waals surface area contributed by atoms with Crippen LogP contribution in [0.15, 0.2) is 82.8 Å². The zero-order valence-corrected chi connectivity index (χ0v) is 19.8. The number of rotatable bonds is 4. The van der Waals surface area contributed by atoms with Crippen LogP contribution in [0.25, 0.3) is 5.76 Å². The average molecular weight is 512 g/mol. The van der Waals surface area contributed by atoms with Gasteiger partial charge in [0, 0.05) is 40.5 Å². The maximum Gasteiger partial charge on any atom is 0.300 e. The summed E-state index contributed by atoms with van der Waals surface area (Å²) >= 11 is 9.39. The van der Waals surface area contributed by atoms with Crippen LogP contribution in [-0.4, -0.2) is 30.9 Å². The van der Waals surface area contributed by atoms with E-state index in [-0.39, 0.29) is 11.3 Å². The molecule has 0 aromatic heterocycles. The number of Topliss-reactive ketones (excluding diaryl/α,β-unsaturated/α-hetero) is 1. The Morgan fingerprint density at radius 2 is 1.53 bits per heavy atom. The highest BCUT2D eigenvalue weighted by molar-refractivity contribution is 9.10. The van der Waals surface area contributed by atoms with E-state index in [9.17, 15) is 14.7 Å². The summed E-state index contributed by atoms with van der Waals surface area (Å²) in [5, 5.41) is 11.6. The fourth-order valence-corrected chi connectivity index (χ4v) is 4.12. The van der Waals surface area contributed by atoms with Crippen LogP contribution >= 0.6 is 27.5 Å². The molecule has 0 saturated carbocycles. The molecule has 1 saturated heterocycles. The third kappa shape index (κ3) is 4.04. The van der Waals surface area contributed by atoms with Crippen LogP contribution in [0.2, 0.25) is 5.02 Å². The number of anilines is 2. The van der Waals surface area contributed by atoms with Crippen molar-refractivity contribution in [1.29, 1.82) is 0 Å². The first-order valence-corrected chi connectivity index (χ1v) is 11.0. The molecule has 7 heteroatoms. The number of carbonyl (C=O) groups is 2. The standard InChI is InChI=1S/C25H20BrClN2O3/c1-28(2)19-11-13-20(14-12-19)29-22(15-3-7-17(26)8-4-15)21(24(31)25(29)32)23(30)16-5-9-18(27)10-6-16/h3-14,22,30H,1-2H3/b23-21-. The molecule has 5 nitrogen and oxygen atoms in total. The minimum atomic E-state index is -0.774.